The van der Waals surface area contributed by atoms with Gasteiger partial charge in [0.1, 0.15) is 5.75 Å². The Bertz CT molecular complexity index is 337. The van der Waals surface area contributed by atoms with Gasteiger partial charge in [-0.15, -0.1) is 11.6 Å². The maximum atomic E-state index is 11.4. The zero-order valence-electron chi connectivity index (χ0n) is 7.72. The molecule has 4 heteroatoms. The van der Waals surface area contributed by atoms with Crippen molar-refractivity contribution in [3.8, 4) is 5.75 Å². The van der Waals surface area contributed by atoms with Gasteiger partial charge in [0.25, 0.3) is 0 Å². The van der Waals surface area contributed by atoms with Crippen molar-refractivity contribution in [1.29, 1.82) is 0 Å². The highest BCUT2D eigenvalue weighted by atomic mass is 35.5. The predicted octanol–water partition coefficient (Wildman–Crippen LogP) is 3.16. The number of carbonyl (C=O) groups is 1. The van der Waals surface area contributed by atoms with Gasteiger partial charge in [0.2, 0.25) is 0 Å². The second-order valence-electron chi connectivity index (χ2n) is 2.71. The highest BCUT2D eigenvalue weighted by Gasteiger charge is 2.08. The Morgan fingerprint density at radius 2 is 2.21 bits per heavy atom. The van der Waals surface area contributed by atoms with Crippen LogP contribution in [0.4, 0.5) is 0 Å². The number of rotatable bonds is 4. The molecule has 0 amide bonds. The van der Waals surface area contributed by atoms with E-state index in [-0.39, 0.29) is 5.78 Å². The number of methoxy groups -OCH3 is 1. The maximum absolute atomic E-state index is 11.4. The molecule has 0 bridgehead atoms. The van der Waals surface area contributed by atoms with Gasteiger partial charge in [0.15, 0.2) is 5.78 Å². The van der Waals surface area contributed by atoms with Crippen molar-refractivity contribution in [2.24, 2.45) is 0 Å². The van der Waals surface area contributed by atoms with Crippen LogP contribution in [0.3, 0.4) is 0 Å². The minimum Gasteiger partial charge on any atom is -0.495 e. The number of ketones is 1. The quantitative estimate of drug-likeness (QED) is 0.589. The molecule has 0 aromatic heterocycles. The van der Waals surface area contributed by atoms with Crippen LogP contribution in [-0.4, -0.2) is 18.8 Å². The van der Waals surface area contributed by atoms with Crippen LogP contribution < -0.4 is 4.74 Å². The first-order valence-electron chi connectivity index (χ1n) is 4.11. The molecule has 0 unspecified atom stereocenters. The van der Waals surface area contributed by atoms with Crippen LogP contribution in [0, 0.1) is 0 Å². The third-order valence-electron chi connectivity index (χ3n) is 1.79. The minimum atomic E-state index is -0.00466. The summed E-state index contributed by atoms with van der Waals surface area (Å²) >= 11 is 11.3. The van der Waals surface area contributed by atoms with Crippen molar-refractivity contribution in [2.75, 3.05) is 13.0 Å². The van der Waals surface area contributed by atoms with Gasteiger partial charge in [0, 0.05) is 17.9 Å². The van der Waals surface area contributed by atoms with Crippen LogP contribution in [0.5, 0.6) is 5.75 Å². The van der Waals surface area contributed by atoms with Crippen molar-refractivity contribution in [2.45, 2.75) is 6.42 Å². The summed E-state index contributed by atoms with van der Waals surface area (Å²) in [5.74, 6) is 0.825. The van der Waals surface area contributed by atoms with Crippen LogP contribution in [-0.2, 0) is 0 Å². The second kappa shape index (κ2) is 5.23. The lowest BCUT2D eigenvalue weighted by atomic mass is 10.1. The number of hydrogen-bond acceptors (Lipinski definition) is 2. The zero-order valence-corrected chi connectivity index (χ0v) is 9.23. The molecule has 2 nitrogen and oxygen atoms in total. The van der Waals surface area contributed by atoms with Crippen molar-refractivity contribution < 1.29 is 9.53 Å². The summed E-state index contributed by atoms with van der Waals surface area (Å²) in [6.45, 7) is 0. The molecular weight excluding hydrogens is 223 g/mol. The molecular formula is C10H10Cl2O2. The van der Waals surface area contributed by atoms with Gasteiger partial charge in [-0.2, -0.15) is 0 Å². The highest BCUT2D eigenvalue weighted by Crippen LogP contribution is 2.25. The molecule has 0 heterocycles. The zero-order chi connectivity index (χ0) is 10.6. The Morgan fingerprint density at radius 3 is 2.79 bits per heavy atom. The third kappa shape index (κ3) is 2.63. The molecule has 1 aromatic rings. The molecule has 76 valence electrons. The highest BCUT2D eigenvalue weighted by molar-refractivity contribution is 6.32. The molecule has 0 saturated heterocycles. The minimum absolute atomic E-state index is 0.00466. The van der Waals surface area contributed by atoms with E-state index in [1.807, 2.05) is 0 Å². The van der Waals surface area contributed by atoms with Crippen LogP contribution in [0.1, 0.15) is 16.8 Å². The average Bonchev–Trinajstić information content (AvgIpc) is 2.19. The predicted molar refractivity (Wildman–Crippen MR) is 57.7 cm³/mol. The van der Waals surface area contributed by atoms with Crippen LogP contribution in [0.25, 0.3) is 0 Å². The van der Waals surface area contributed by atoms with Gasteiger partial charge in [0.05, 0.1) is 12.1 Å². The summed E-state index contributed by atoms with van der Waals surface area (Å²) in [6, 6.07) is 4.93. The molecule has 0 spiro atoms. The largest absolute Gasteiger partial charge is 0.495 e. The number of ether oxygens (including phenoxy) is 1. The SMILES string of the molecule is COc1cc(C(=O)CCCl)ccc1Cl. The Balaban J connectivity index is 2.94. The van der Waals surface area contributed by atoms with Crippen LogP contribution in [0.15, 0.2) is 18.2 Å². The molecule has 0 radical (unpaired) electrons. The third-order valence-corrected chi connectivity index (χ3v) is 2.30. The van der Waals surface area contributed by atoms with Gasteiger partial charge < -0.3 is 4.74 Å². The molecule has 0 saturated carbocycles. The fourth-order valence-electron chi connectivity index (χ4n) is 1.06. The number of Topliss-reactive ketones (excluding diaryl/α,β-unsaturated/α-hetero) is 1. The lowest BCUT2D eigenvalue weighted by Crippen LogP contribution is -2.00. The van der Waals surface area contributed by atoms with E-state index in [1.165, 1.54) is 7.11 Å². The summed E-state index contributed by atoms with van der Waals surface area (Å²) in [5.41, 5.74) is 0.576. The number of benzene rings is 1. The van der Waals surface area contributed by atoms with Gasteiger partial charge in [-0.25, -0.2) is 0 Å². The molecule has 0 fully saturated rings. The lowest BCUT2D eigenvalue weighted by molar-refractivity contribution is 0.0989. The van der Waals surface area contributed by atoms with E-state index in [2.05, 4.69) is 0 Å². The van der Waals surface area contributed by atoms with E-state index in [0.29, 0.717) is 28.6 Å². The normalized spacial score (nSPS) is 9.93. The van der Waals surface area contributed by atoms with Crippen molar-refractivity contribution in [3.63, 3.8) is 0 Å². The molecule has 0 aliphatic rings. The standard InChI is InChI=1S/C10H10Cl2O2/c1-14-10-6-7(2-3-8(10)12)9(13)4-5-11/h2-3,6H,4-5H2,1H3. The van der Waals surface area contributed by atoms with Crippen LogP contribution >= 0.6 is 23.2 Å². The van der Waals surface area contributed by atoms with Crippen molar-refractivity contribution >= 4 is 29.0 Å². The maximum Gasteiger partial charge on any atom is 0.164 e. The van der Waals surface area contributed by atoms with Gasteiger partial charge in [-0.3, -0.25) is 4.79 Å². The van der Waals surface area contributed by atoms with Gasteiger partial charge >= 0.3 is 0 Å². The van der Waals surface area contributed by atoms with Crippen molar-refractivity contribution in [3.05, 3.63) is 28.8 Å². The molecule has 14 heavy (non-hydrogen) atoms. The fourth-order valence-corrected chi connectivity index (χ4v) is 1.43. The second-order valence-corrected chi connectivity index (χ2v) is 3.50. The van der Waals surface area contributed by atoms with Crippen molar-refractivity contribution in [1.82, 2.24) is 0 Å². The number of halogens is 2. The Labute approximate surface area is 92.8 Å². The Kier molecular flexibility index (Phi) is 4.23. The van der Waals surface area contributed by atoms with E-state index in [9.17, 15) is 4.79 Å². The number of alkyl halides is 1. The molecule has 1 aromatic carbocycles. The smallest absolute Gasteiger partial charge is 0.164 e. The van der Waals surface area contributed by atoms with E-state index in [1.54, 1.807) is 18.2 Å². The Hall–Kier alpha value is -0.730. The van der Waals surface area contributed by atoms with E-state index in [0.717, 1.165) is 0 Å². The first-order valence-corrected chi connectivity index (χ1v) is 5.03. The molecule has 0 N–H and O–H groups in total. The fraction of sp³-hybridized carbons (Fsp3) is 0.300. The monoisotopic (exact) mass is 232 g/mol. The number of carbonyl (C=O) groups excluding carboxylic acids is 1. The average molecular weight is 233 g/mol. The summed E-state index contributed by atoms with van der Waals surface area (Å²) in [6.07, 6.45) is 0.326. The summed E-state index contributed by atoms with van der Waals surface area (Å²) < 4.78 is 5.00. The van der Waals surface area contributed by atoms with Gasteiger partial charge in [-0.05, 0) is 18.2 Å². The summed E-state index contributed by atoms with van der Waals surface area (Å²) in [4.78, 5) is 11.4. The first-order chi connectivity index (χ1) is 6.69. The number of hydrogen-bond donors (Lipinski definition) is 0. The van der Waals surface area contributed by atoms with E-state index in [4.69, 9.17) is 27.9 Å². The van der Waals surface area contributed by atoms with E-state index < -0.39 is 0 Å². The summed E-state index contributed by atoms with van der Waals surface area (Å²) in [5, 5.41) is 0.495. The molecule has 0 aliphatic heterocycles. The topological polar surface area (TPSA) is 26.3 Å². The summed E-state index contributed by atoms with van der Waals surface area (Å²) in [7, 11) is 1.51. The Morgan fingerprint density at radius 1 is 1.50 bits per heavy atom. The van der Waals surface area contributed by atoms with Crippen LogP contribution in [0.2, 0.25) is 5.02 Å². The lowest BCUT2D eigenvalue weighted by Gasteiger charge is -2.04. The van der Waals surface area contributed by atoms with Gasteiger partial charge in [-0.1, -0.05) is 11.6 Å². The molecule has 0 atom stereocenters. The molecule has 0 aliphatic carbocycles. The first kappa shape index (κ1) is 11.3. The molecule has 1 rings (SSSR count). The van der Waals surface area contributed by atoms with E-state index >= 15 is 0 Å².